The smallest absolute Gasteiger partial charge is 0.307 e. The van der Waals surface area contributed by atoms with Crippen molar-refractivity contribution in [1.29, 1.82) is 0 Å². The molecule has 2 heterocycles. The molecular weight excluding hydrogens is 366 g/mol. The van der Waals surface area contributed by atoms with Crippen LogP contribution in [0.3, 0.4) is 0 Å². The van der Waals surface area contributed by atoms with E-state index in [0.717, 1.165) is 16.8 Å². The number of aryl methyl sites for hydroxylation is 2. The molecule has 1 N–H and O–H groups in total. The Bertz CT molecular complexity index is 1040. The first-order valence-corrected chi connectivity index (χ1v) is 9.98. The van der Waals surface area contributed by atoms with Gasteiger partial charge in [-0.05, 0) is 49.2 Å². The van der Waals surface area contributed by atoms with Crippen molar-refractivity contribution in [2.45, 2.75) is 31.8 Å². The number of sulfonamides is 1. The second-order valence-electron chi connectivity index (χ2n) is 6.25. The van der Waals surface area contributed by atoms with Crippen LogP contribution < -0.4 is 4.72 Å². The van der Waals surface area contributed by atoms with Crippen LogP contribution in [-0.2, 0) is 26.2 Å². The fourth-order valence-corrected chi connectivity index (χ4v) is 3.65. The zero-order valence-electron chi connectivity index (χ0n) is 15.2. The van der Waals surface area contributed by atoms with E-state index in [1.165, 1.54) is 0 Å². The molecule has 0 bridgehead atoms. The monoisotopic (exact) mass is 387 g/mol. The number of carbonyl (C=O) groups excluding carboxylic acids is 1. The third kappa shape index (κ3) is 4.72. The molecule has 142 valence electrons. The number of imidazole rings is 1. The molecule has 0 atom stereocenters. The SMILES string of the molecule is Cc1ccc(S(=O)(=O)NCCC(=O)OCc2cn3ccccc3n2)cc1C. The maximum Gasteiger partial charge on any atom is 0.307 e. The third-order valence-corrected chi connectivity index (χ3v) is 5.66. The van der Waals surface area contributed by atoms with Crippen LogP contribution in [0.25, 0.3) is 5.65 Å². The topological polar surface area (TPSA) is 89.8 Å². The van der Waals surface area contributed by atoms with Gasteiger partial charge in [0.05, 0.1) is 17.0 Å². The first-order chi connectivity index (χ1) is 12.8. The summed E-state index contributed by atoms with van der Waals surface area (Å²) in [7, 11) is -3.65. The molecule has 0 fully saturated rings. The van der Waals surface area contributed by atoms with Gasteiger partial charge in [-0.25, -0.2) is 18.1 Å². The third-order valence-electron chi connectivity index (χ3n) is 4.20. The molecule has 0 spiro atoms. The lowest BCUT2D eigenvalue weighted by Gasteiger charge is -2.08. The van der Waals surface area contributed by atoms with Crippen molar-refractivity contribution in [3.63, 3.8) is 0 Å². The Hall–Kier alpha value is -2.71. The minimum Gasteiger partial charge on any atom is -0.459 e. The average Bonchev–Trinajstić information content (AvgIpc) is 3.05. The quantitative estimate of drug-likeness (QED) is 0.629. The number of hydrogen-bond acceptors (Lipinski definition) is 5. The summed E-state index contributed by atoms with van der Waals surface area (Å²) in [5.41, 5.74) is 3.31. The van der Waals surface area contributed by atoms with Crippen molar-refractivity contribution in [3.8, 4) is 0 Å². The summed E-state index contributed by atoms with van der Waals surface area (Å²) in [5, 5.41) is 0. The fraction of sp³-hybridized carbons (Fsp3) is 0.263. The van der Waals surface area contributed by atoms with Gasteiger partial charge in [0.25, 0.3) is 0 Å². The van der Waals surface area contributed by atoms with Crippen molar-refractivity contribution in [3.05, 3.63) is 65.6 Å². The molecule has 2 aromatic heterocycles. The van der Waals surface area contributed by atoms with Crippen LogP contribution in [0.5, 0.6) is 0 Å². The van der Waals surface area contributed by atoms with Crippen LogP contribution in [0.1, 0.15) is 23.2 Å². The molecule has 0 saturated heterocycles. The Labute approximate surface area is 158 Å². The number of nitrogens with zero attached hydrogens (tertiary/aromatic N) is 2. The lowest BCUT2D eigenvalue weighted by atomic mass is 10.1. The van der Waals surface area contributed by atoms with E-state index in [4.69, 9.17) is 4.74 Å². The molecule has 0 aliphatic heterocycles. The molecule has 7 nitrogen and oxygen atoms in total. The number of rotatable bonds is 7. The van der Waals surface area contributed by atoms with E-state index in [1.807, 2.05) is 42.6 Å². The Morgan fingerprint density at radius 1 is 1.19 bits per heavy atom. The van der Waals surface area contributed by atoms with Gasteiger partial charge in [0.15, 0.2) is 0 Å². The Morgan fingerprint density at radius 2 is 2.00 bits per heavy atom. The van der Waals surface area contributed by atoms with Gasteiger partial charge in [-0.3, -0.25) is 4.79 Å². The Balaban J connectivity index is 1.49. The molecule has 27 heavy (non-hydrogen) atoms. The predicted octanol–water partition coefficient (Wildman–Crippen LogP) is 2.36. The number of benzene rings is 1. The van der Waals surface area contributed by atoms with Crippen molar-refractivity contribution in [1.82, 2.24) is 14.1 Å². The zero-order chi connectivity index (χ0) is 19.4. The van der Waals surface area contributed by atoms with Gasteiger partial charge in [-0.15, -0.1) is 0 Å². The minimum atomic E-state index is -3.65. The Kier molecular flexibility index (Phi) is 5.57. The number of esters is 1. The molecule has 3 rings (SSSR count). The highest BCUT2D eigenvalue weighted by molar-refractivity contribution is 7.89. The van der Waals surface area contributed by atoms with Crippen molar-refractivity contribution in [2.75, 3.05) is 6.54 Å². The largest absolute Gasteiger partial charge is 0.459 e. The first kappa shape index (κ1) is 19.1. The first-order valence-electron chi connectivity index (χ1n) is 8.50. The second-order valence-corrected chi connectivity index (χ2v) is 8.02. The summed E-state index contributed by atoms with van der Waals surface area (Å²) in [6.07, 6.45) is 3.58. The summed E-state index contributed by atoms with van der Waals surface area (Å²) in [4.78, 5) is 16.4. The number of hydrogen-bond donors (Lipinski definition) is 1. The average molecular weight is 387 g/mol. The molecule has 0 aliphatic rings. The van der Waals surface area contributed by atoms with Crippen LogP contribution in [0.4, 0.5) is 0 Å². The second kappa shape index (κ2) is 7.89. The van der Waals surface area contributed by atoms with Crippen LogP contribution in [-0.4, -0.2) is 30.3 Å². The summed E-state index contributed by atoms with van der Waals surface area (Å²) in [6, 6.07) is 10.5. The lowest BCUT2D eigenvalue weighted by molar-refractivity contribution is -0.144. The van der Waals surface area contributed by atoms with E-state index in [0.29, 0.717) is 5.69 Å². The highest BCUT2D eigenvalue weighted by Gasteiger charge is 2.15. The molecule has 8 heteroatoms. The van der Waals surface area contributed by atoms with Gasteiger partial charge < -0.3 is 9.14 Å². The molecular formula is C19H21N3O4S. The zero-order valence-corrected chi connectivity index (χ0v) is 16.0. The van der Waals surface area contributed by atoms with Crippen LogP contribution in [0.2, 0.25) is 0 Å². The van der Waals surface area contributed by atoms with Gasteiger partial charge in [0.1, 0.15) is 12.3 Å². The summed E-state index contributed by atoms with van der Waals surface area (Å²) in [5.74, 6) is -0.491. The lowest BCUT2D eigenvalue weighted by Crippen LogP contribution is -2.26. The standard InChI is InChI=1S/C19H21N3O4S/c1-14-6-7-17(11-15(14)2)27(24,25)20-9-8-19(23)26-13-16-12-22-10-4-3-5-18(22)21-16/h3-7,10-12,20H,8-9,13H2,1-2H3. The Morgan fingerprint density at radius 3 is 2.74 bits per heavy atom. The molecule has 1 aromatic carbocycles. The number of nitrogens with one attached hydrogen (secondary N) is 1. The number of fused-ring (bicyclic) bond motifs is 1. The number of aromatic nitrogens is 2. The summed E-state index contributed by atoms with van der Waals surface area (Å²) in [6.45, 7) is 3.78. The molecule has 0 saturated carbocycles. The highest BCUT2D eigenvalue weighted by atomic mass is 32.2. The normalized spacial score (nSPS) is 11.6. The van der Waals surface area contributed by atoms with E-state index in [1.54, 1.807) is 24.4 Å². The van der Waals surface area contributed by atoms with Crippen molar-refractivity contribution in [2.24, 2.45) is 0 Å². The van der Waals surface area contributed by atoms with Crippen molar-refractivity contribution < 1.29 is 17.9 Å². The number of carbonyl (C=O) groups is 1. The van der Waals surface area contributed by atoms with Gasteiger partial charge >= 0.3 is 5.97 Å². The molecule has 0 radical (unpaired) electrons. The van der Waals surface area contributed by atoms with Gasteiger partial charge in [0, 0.05) is 18.9 Å². The fourth-order valence-electron chi connectivity index (χ4n) is 2.54. The van der Waals surface area contributed by atoms with E-state index in [9.17, 15) is 13.2 Å². The van der Waals surface area contributed by atoms with E-state index in [2.05, 4.69) is 9.71 Å². The molecule has 0 unspecified atom stereocenters. The molecule has 0 amide bonds. The minimum absolute atomic E-state index is 0.0285. The van der Waals surface area contributed by atoms with Crippen molar-refractivity contribution >= 4 is 21.6 Å². The summed E-state index contributed by atoms with van der Waals surface area (Å²) >= 11 is 0. The van der Waals surface area contributed by atoms with Crippen LogP contribution in [0, 0.1) is 13.8 Å². The van der Waals surface area contributed by atoms with Gasteiger partial charge in [-0.2, -0.15) is 0 Å². The number of ether oxygens (including phenoxy) is 1. The van der Waals surface area contributed by atoms with Crippen LogP contribution in [0.15, 0.2) is 53.7 Å². The van der Waals surface area contributed by atoms with Gasteiger partial charge in [0.2, 0.25) is 10.0 Å². The molecule has 0 aliphatic carbocycles. The van der Waals surface area contributed by atoms with E-state index < -0.39 is 16.0 Å². The maximum absolute atomic E-state index is 12.3. The van der Waals surface area contributed by atoms with Gasteiger partial charge in [-0.1, -0.05) is 12.1 Å². The van der Waals surface area contributed by atoms with E-state index in [-0.39, 0.29) is 24.5 Å². The van der Waals surface area contributed by atoms with Crippen LogP contribution >= 0.6 is 0 Å². The van der Waals surface area contributed by atoms with E-state index >= 15 is 0 Å². The number of pyridine rings is 1. The predicted molar refractivity (Wildman–Crippen MR) is 101 cm³/mol. The highest BCUT2D eigenvalue weighted by Crippen LogP contribution is 2.14. The summed E-state index contributed by atoms with van der Waals surface area (Å²) < 4.78 is 34.0. The molecule has 3 aromatic rings. The maximum atomic E-state index is 12.3.